The number of hydrogen-bond donors (Lipinski definition) is 2. The Morgan fingerprint density at radius 1 is 1.00 bits per heavy atom. The Labute approximate surface area is 146 Å². The Balaban J connectivity index is 1.50. The van der Waals surface area contributed by atoms with Crippen molar-refractivity contribution in [3.8, 4) is 0 Å². The summed E-state index contributed by atoms with van der Waals surface area (Å²) in [6.45, 7) is 1.72. The highest BCUT2D eigenvalue weighted by molar-refractivity contribution is 5.97. The minimum Gasteiger partial charge on any atom is -0.376 e. The van der Waals surface area contributed by atoms with Crippen molar-refractivity contribution in [2.24, 2.45) is 0 Å². The molecule has 0 spiro atoms. The maximum Gasteiger partial charge on any atom is 0.251 e. The molecule has 1 aliphatic rings. The number of carbonyl (C=O) groups is 2. The van der Waals surface area contributed by atoms with E-state index in [-0.39, 0.29) is 17.9 Å². The second kappa shape index (κ2) is 8.39. The van der Waals surface area contributed by atoms with E-state index in [4.69, 9.17) is 4.74 Å². The summed E-state index contributed by atoms with van der Waals surface area (Å²) in [5.74, 6) is -0.331. The molecule has 1 atom stereocenters. The second-order valence-electron chi connectivity index (χ2n) is 5.96. The molecule has 2 amide bonds. The van der Waals surface area contributed by atoms with E-state index in [1.165, 1.54) is 0 Å². The largest absolute Gasteiger partial charge is 0.376 e. The Kier molecular flexibility index (Phi) is 5.74. The van der Waals surface area contributed by atoms with Crippen LogP contribution in [0.5, 0.6) is 0 Å². The van der Waals surface area contributed by atoms with Crippen molar-refractivity contribution in [1.82, 2.24) is 15.6 Å². The molecule has 6 heteroatoms. The van der Waals surface area contributed by atoms with Gasteiger partial charge in [0.05, 0.1) is 6.10 Å². The highest BCUT2D eigenvalue weighted by atomic mass is 16.5. The van der Waals surface area contributed by atoms with Crippen LogP contribution in [0.3, 0.4) is 0 Å². The highest BCUT2D eigenvalue weighted by Gasteiger charge is 2.16. The molecule has 0 aliphatic carbocycles. The van der Waals surface area contributed by atoms with Crippen LogP contribution in [0.4, 0.5) is 0 Å². The highest BCUT2D eigenvalue weighted by Crippen LogP contribution is 2.11. The van der Waals surface area contributed by atoms with Crippen molar-refractivity contribution in [1.29, 1.82) is 0 Å². The quantitative estimate of drug-likeness (QED) is 0.843. The molecule has 0 bridgehead atoms. The van der Waals surface area contributed by atoms with Crippen LogP contribution < -0.4 is 10.6 Å². The zero-order valence-corrected chi connectivity index (χ0v) is 13.9. The Hall–Kier alpha value is -2.73. The van der Waals surface area contributed by atoms with Gasteiger partial charge < -0.3 is 15.4 Å². The lowest BCUT2D eigenvalue weighted by molar-refractivity contribution is 0.0857. The van der Waals surface area contributed by atoms with Crippen LogP contribution in [0.25, 0.3) is 0 Å². The van der Waals surface area contributed by atoms with Gasteiger partial charge in [0.1, 0.15) is 0 Å². The lowest BCUT2D eigenvalue weighted by Gasteiger charge is -2.11. The molecule has 0 radical (unpaired) electrons. The van der Waals surface area contributed by atoms with Gasteiger partial charge in [0, 0.05) is 43.2 Å². The second-order valence-corrected chi connectivity index (χ2v) is 5.96. The fourth-order valence-corrected chi connectivity index (χ4v) is 2.67. The van der Waals surface area contributed by atoms with Gasteiger partial charge in [-0.1, -0.05) is 0 Å². The van der Waals surface area contributed by atoms with Crippen molar-refractivity contribution in [3.05, 3.63) is 65.5 Å². The lowest BCUT2D eigenvalue weighted by atomic mass is 10.1. The van der Waals surface area contributed by atoms with E-state index >= 15 is 0 Å². The van der Waals surface area contributed by atoms with Crippen molar-refractivity contribution in [3.63, 3.8) is 0 Å². The summed E-state index contributed by atoms with van der Waals surface area (Å²) in [5, 5.41) is 5.71. The number of rotatable bonds is 6. The average molecular weight is 339 g/mol. The Morgan fingerprint density at radius 3 is 2.24 bits per heavy atom. The number of aromatic nitrogens is 1. The number of nitrogens with zero attached hydrogens (tertiary/aromatic N) is 1. The first-order valence-electron chi connectivity index (χ1n) is 8.39. The summed E-state index contributed by atoms with van der Waals surface area (Å²) in [5.41, 5.74) is 2.03. The van der Waals surface area contributed by atoms with E-state index < -0.39 is 0 Å². The molecule has 2 heterocycles. The standard InChI is InChI=1S/C19H21N3O3/c23-18(21-12-14-7-9-20-10-8-14)15-3-5-16(6-4-15)19(24)22-13-17-2-1-11-25-17/h3-10,17H,1-2,11-13H2,(H,21,23)(H,22,24). The third-order valence-corrected chi connectivity index (χ3v) is 4.13. The molecule has 130 valence electrons. The van der Waals surface area contributed by atoms with Crippen molar-refractivity contribution >= 4 is 11.8 Å². The number of carbonyl (C=O) groups excluding carboxylic acids is 2. The molecule has 1 saturated heterocycles. The molecule has 6 nitrogen and oxygen atoms in total. The SMILES string of the molecule is O=C(NCc1ccncc1)c1ccc(C(=O)NCC2CCCO2)cc1. The number of pyridine rings is 1. The van der Waals surface area contributed by atoms with Gasteiger partial charge in [-0.3, -0.25) is 14.6 Å². The van der Waals surface area contributed by atoms with Gasteiger partial charge in [-0.15, -0.1) is 0 Å². The minimum absolute atomic E-state index is 0.113. The molecule has 2 aromatic rings. The van der Waals surface area contributed by atoms with Crippen LogP contribution in [-0.4, -0.2) is 36.1 Å². The van der Waals surface area contributed by atoms with Crippen LogP contribution in [0, 0.1) is 0 Å². The molecule has 1 aromatic carbocycles. The van der Waals surface area contributed by atoms with E-state index in [0.29, 0.717) is 24.2 Å². The maximum absolute atomic E-state index is 12.2. The van der Waals surface area contributed by atoms with Crippen molar-refractivity contribution < 1.29 is 14.3 Å². The van der Waals surface area contributed by atoms with Crippen molar-refractivity contribution in [2.75, 3.05) is 13.2 Å². The predicted octanol–water partition coefficient (Wildman–Crippen LogP) is 1.92. The van der Waals surface area contributed by atoms with E-state index in [1.807, 2.05) is 12.1 Å². The van der Waals surface area contributed by atoms with Crippen LogP contribution in [0.15, 0.2) is 48.8 Å². The van der Waals surface area contributed by atoms with Gasteiger partial charge in [-0.05, 0) is 54.8 Å². The number of ether oxygens (including phenoxy) is 1. The Morgan fingerprint density at radius 2 is 1.64 bits per heavy atom. The Bertz CT molecular complexity index is 710. The summed E-state index contributed by atoms with van der Waals surface area (Å²) in [6, 6.07) is 10.3. The zero-order valence-electron chi connectivity index (χ0n) is 13.9. The third-order valence-electron chi connectivity index (χ3n) is 4.13. The molecule has 1 aromatic heterocycles. The van der Waals surface area contributed by atoms with E-state index in [9.17, 15) is 9.59 Å². The van der Waals surface area contributed by atoms with Gasteiger partial charge in [0.25, 0.3) is 11.8 Å². The molecule has 25 heavy (non-hydrogen) atoms. The molecule has 3 rings (SSSR count). The number of amides is 2. The van der Waals surface area contributed by atoms with Gasteiger partial charge in [0.2, 0.25) is 0 Å². The molecule has 1 unspecified atom stereocenters. The van der Waals surface area contributed by atoms with Crippen LogP contribution in [-0.2, 0) is 11.3 Å². The van der Waals surface area contributed by atoms with E-state index in [1.54, 1.807) is 36.7 Å². The van der Waals surface area contributed by atoms with Crippen LogP contribution in [0.1, 0.15) is 39.1 Å². The summed E-state index contributed by atoms with van der Waals surface area (Å²) in [7, 11) is 0. The first-order valence-corrected chi connectivity index (χ1v) is 8.39. The third kappa shape index (κ3) is 4.87. The smallest absolute Gasteiger partial charge is 0.251 e. The predicted molar refractivity (Wildman–Crippen MR) is 93.2 cm³/mol. The normalized spacial score (nSPS) is 16.4. The number of hydrogen-bond acceptors (Lipinski definition) is 4. The number of nitrogens with one attached hydrogen (secondary N) is 2. The summed E-state index contributed by atoms with van der Waals surface area (Å²) < 4.78 is 5.48. The van der Waals surface area contributed by atoms with Gasteiger partial charge >= 0.3 is 0 Å². The molecular weight excluding hydrogens is 318 g/mol. The molecule has 1 fully saturated rings. The fraction of sp³-hybridized carbons (Fsp3) is 0.316. The molecular formula is C19H21N3O3. The molecule has 0 saturated carbocycles. The summed E-state index contributed by atoms with van der Waals surface area (Å²) in [4.78, 5) is 28.2. The average Bonchev–Trinajstić information content (AvgIpc) is 3.19. The van der Waals surface area contributed by atoms with Crippen LogP contribution in [0.2, 0.25) is 0 Å². The summed E-state index contributed by atoms with van der Waals surface area (Å²) in [6.07, 6.45) is 5.51. The van der Waals surface area contributed by atoms with Gasteiger partial charge in [-0.2, -0.15) is 0 Å². The number of benzene rings is 1. The summed E-state index contributed by atoms with van der Waals surface area (Å²) >= 11 is 0. The van der Waals surface area contributed by atoms with Crippen molar-refractivity contribution in [2.45, 2.75) is 25.5 Å². The molecule has 2 N–H and O–H groups in total. The fourth-order valence-electron chi connectivity index (χ4n) is 2.67. The van der Waals surface area contributed by atoms with Gasteiger partial charge in [-0.25, -0.2) is 0 Å². The van der Waals surface area contributed by atoms with Crippen LogP contribution >= 0.6 is 0 Å². The van der Waals surface area contributed by atoms with E-state index in [0.717, 1.165) is 25.0 Å². The minimum atomic E-state index is -0.178. The van der Waals surface area contributed by atoms with Gasteiger partial charge in [0.15, 0.2) is 0 Å². The topological polar surface area (TPSA) is 80.3 Å². The van der Waals surface area contributed by atoms with E-state index in [2.05, 4.69) is 15.6 Å². The lowest BCUT2D eigenvalue weighted by Crippen LogP contribution is -2.31. The zero-order chi connectivity index (χ0) is 17.5. The first-order chi connectivity index (χ1) is 12.2. The monoisotopic (exact) mass is 339 g/mol. The maximum atomic E-state index is 12.2. The molecule has 1 aliphatic heterocycles. The first kappa shape index (κ1) is 17.1.